The van der Waals surface area contributed by atoms with Gasteiger partial charge in [0, 0.05) is 36.8 Å². The van der Waals surface area contributed by atoms with Gasteiger partial charge >= 0.3 is 0 Å². The Labute approximate surface area is 186 Å². The van der Waals surface area contributed by atoms with E-state index in [0.29, 0.717) is 61.3 Å². The lowest BCUT2D eigenvalue weighted by molar-refractivity contribution is -0.138. The second-order valence-corrected chi connectivity index (χ2v) is 8.09. The van der Waals surface area contributed by atoms with E-state index < -0.39 is 0 Å². The largest absolute Gasteiger partial charge is 0.493 e. The predicted octanol–water partition coefficient (Wildman–Crippen LogP) is 2.89. The minimum Gasteiger partial charge on any atom is -0.493 e. The van der Waals surface area contributed by atoms with E-state index in [1.807, 2.05) is 17.0 Å². The maximum Gasteiger partial charge on any atom is 0.254 e. The predicted molar refractivity (Wildman–Crippen MR) is 116 cm³/mol. The molecule has 1 atom stereocenters. The molecule has 2 amide bonds. The van der Waals surface area contributed by atoms with E-state index in [-0.39, 0.29) is 17.7 Å². The van der Waals surface area contributed by atoms with Crippen LogP contribution < -0.4 is 14.2 Å². The van der Waals surface area contributed by atoms with Gasteiger partial charge in [0.15, 0.2) is 11.5 Å². The molecule has 0 aromatic heterocycles. The van der Waals surface area contributed by atoms with E-state index in [2.05, 4.69) is 0 Å². The molecular formula is C23H25ClN2O5. The van der Waals surface area contributed by atoms with Gasteiger partial charge in [0.25, 0.3) is 5.91 Å². The molecule has 31 heavy (non-hydrogen) atoms. The fourth-order valence-electron chi connectivity index (χ4n) is 4.06. The average Bonchev–Trinajstić information content (AvgIpc) is 2.82. The number of piperazine rings is 1. The van der Waals surface area contributed by atoms with Crippen LogP contribution in [0.3, 0.4) is 0 Å². The Morgan fingerprint density at radius 1 is 0.968 bits per heavy atom. The van der Waals surface area contributed by atoms with E-state index >= 15 is 0 Å². The van der Waals surface area contributed by atoms with Crippen molar-refractivity contribution < 1.29 is 23.8 Å². The number of methoxy groups -OCH3 is 2. The highest BCUT2D eigenvalue weighted by atomic mass is 35.5. The number of nitrogens with zero attached hydrogens (tertiary/aromatic N) is 2. The maximum atomic E-state index is 13.0. The fourth-order valence-corrected chi connectivity index (χ4v) is 4.26. The lowest BCUT2D eigenvalue weighted by Gasteiger charge is -2.37. The molecule has 164 valence electrons. The van der Waals surface area contributed by atoms with Crippen LogP contribution in [0.2, 0.25) is 5.02 Å². The first-order valence-corrected chi connectivity index (χ1v) is 10.6. The molecule has 2 heterocycles. The topological polar surface area (TPSA) is 68.3 Å². The van der Waals surface area contributed by atoms with Crippen molar-refractivity contribution in [2.75, 3.05) is 47.0 Å². The van der Waals surface area contributed by atoms with Crippen LogP contribution in [0.4, 0.5) is 0 Å². The second kappa shape index (κ2) is 9.06. The molecule has 0 aliphatic carbocycles. The molecule has 2 aliphatic heterocycles. The molecule has 2 aromatic carbocycles. The number of carbonyl (C=O) groups is 2. The van der Waals surface area contributed by atoms with E-state index in [9.17, 15) is 9.59 Å². The van der Waals surface area contributed by atoms with Crippen molar-refractivity contribution >= 4 is 23.4 Å². The summed E-state index contributed by atoms with van der Waals surface area (Å²) in [6.07, 6.45) is 0.611. The summed E-state index contributed by atoms with van der Waals surface area (Å²) in [6.45, 7) is 2.32. The van der Waals surface area contributed by atoms with Gasteiger partial charge in [0.05, 0.1) is 20.1 Å². The molecule has 0 spiro atoms. The number of benzene rings is 2. The van der Waals surface area contributed by atoms with Gasteiger partial charge < -0.3 is 24.0 Å². The van der Waals surface area contributed by atoms with Crippen molar-refractivity contribution in [3.05, 3.63) is 52.5 Å². The number of halogens is 1. The lowest BCUT2D eigenvalue weighted by atomic mass is 9.95. The summed E-state index contributed by atoms with van der Waals surface area (Å²) in [5.41, 5.74) is 1.49. The number of ether oxygens (including phenoxy) is 3. The molecule has 1 saturated heterocycles. The molecule has 0 bridgehead atoms. The SMILES string of the molecule is COc1ccc(C(=O)N2CCN(C(=O)C3COc4ccc(Cl)cc4C3)CC2)cc1OC. The van der Waals surface area contributed by atoms with Crippen molar-refractivity contribution in [1.82, 2.24) is 9.80 Å². The van der Waals surface area contributed by atoms with Crippen LogP contribution >= 0.6 is 11.6 Å². The van der Waals surface area contributed by atoms with Crippen molar-refractivity contribution in [3.8, 4) is 17.2 Å². The van der Waals surface area contributed by atoms with Gasteiger partial charge in [0.2, 0.25) is 5.91 Å². The van der Waals surface area contributed by atoms with Crippen LogP contribution in [0.25, 0.3) is 0 Å². The first kappa shape index (κ1) is 21.3. The Hall–Kier alpha value is -2.93. The zero-order valence-electron chi connectivity index (χ0n) is 17.6. The van der Waals surface area contributed by atoms with Crippen LogP contribution in [0.15, 0.2) is 36.4 Å². The fraction of sp³-hybridized carbons (Fsp3) is 0.391. The number of rotatable bonds is 4. The summed E-state index contributed by atoms with van der Waals surface area (Å²) >= 11 is 6.08. The summed E-state index contributed by atoms with van der Waals surface area (Å²) in [5.74, 6) is 1.62. The Morgan fingerprint density at radius 2 is 1.68 bits per heavy atom. The number of carbonyl (C=O) groups excluding carboxylic acids is 2. The second-order valence-electron chi connectivity index (χ2n) is 7.65. The van der Waals surface area contributed by atoms with Gasteiger partial charge in [-0.1, -0.05) is 11.6 Å². The van der Waals surface area contributed by atoms with Crippen LogP contribution in [-0.2, 0) is 11.2 Å². The lowest BCUT2D eigenvalue weighted by Crippen LogP contribution is -2.53. The maximum absolute atomic E-state index is 13.0. The monoisotopic (exact) mass is 444 g/mol. The minimum absolute atomic E-state index is 0.0591. The number of hydrogen-bond acceptors (Lipinski definition) is 5. The van der Waals surface area contributed by atoms with Gasteiger partial charge in [-0.2, -0.15) is 0 Å². The van der Waals surface area contributed by atoms with E-state index in [4.69, 9.17) is 25.8 Å². The van der Waals surface area contributed by atoms with E-state index in [0.717, 1.165) is 11.3 Å². The van der Waals surface area contributed by atoms with E-state index in [1.165, 1.54) is 7.11 Å². The summed E-state index contributed by atoms with van der Waals surface area (Å²) in [4.78, 5) is 29.5. The zero-order valence-corrected chi connectivity index (χ0v) is 18.4. The van der Waals surface area contributed by atoms with Gasteiger partial charge in [-0.3, -0.25) is 9.59 Å². The highest BCUT2D eigenvalue weighted by molar-refractivity contribution is 6.30. The average molecular weight is 445 g/mol. The normalized spacial score (nSPS) is 18.1. The Balaban J connectivity index is 1.36. The van der Waals surface area contributed by atoms with Crippen LogP contribution in [0, 0.1) is 5.92 Å². The Morgan fingerprint density at radius 3 is 2.39 bits per heavy atom. The molecule has 1 unspecified atom stereocenters. The summed E-state index contributed by atoms with van der Waals surface area (Å²) in [6, 6.07) is 10.6. The van der Waals surface area contributed by atoms with Crippen molar-refractivity contribution in [2.24, 2.45) is 5.92 Å². The quantitative estimate of drug-likeness (QED) is 0.725. The van der Waals surface area contributed by atoms with Gasteiger partial charge in [-0.25, -0.2) is 0 Å². The summed E-state index contributed by atoms with van der Waals surface area (Å²) in [7, 11) is 3.10. The van der Waals surface area contributed by atoms with Gasteiger partial charge in [-0.05, 0) is 48.4 Å². The van der Waals surface area contributed by atoms with Gasteiger partial charge in [-0.15, -0.1) is 0 Å². The van der Waals surface area contributed by atoms with Gasteiger partial charge in [0.1, 0.15) is 12.4 Å². The summed E-state index contributed by atoms with van der Waals surface area (Å²) in [5, 5.41) is 0.637. The molecule has 2 aliphatic rings. The molecule has 8 heteroatoms. The number of hydrogen-bond donors (Lipinski definition) is 0. The van der Waals surface area contributed by atoms with Crippen molar-refractivity contribution in [3.63, 3.8) is 0 Å². The van der Waals surface area contributed by atoms with Crippen LogP contribution in [0.1, 0.15) is 15.9 Å². The zero-order chi connectivity index (χ0) is 22.0. The third kappa shape index (κ3) is 4.42. The standard InChI is InChI=1S/C23H25ClN2O5/c1-29-20-5-3-15(13-21(20)30-2)22(27)25-7-9-26(10-8-25)23(28)17-11-16-12-18(24)4-6-19(16)31-14-17/h3-6,12-13,17H,7-11,14H2,1-2H3. The molecule has 0 radical (unpaired) electrons. The number of fused-ring (bicyclic) bond motifs is 1. The highest BCUT2D eigenvalue weighted by Crippen LogP contribution is 2.31. The third-order valence-electron chi connectivity index (χ3n) is 5.79. The molecule has 1 fully saturated rings. The molecular weight excluding hydrogens is 420 g/mol. The number of amides is 2. The third-order valence-corrected chi connectivity index (χ3v) is 6.02. The minimum atomic E-state index is -0.237. The molecule has 0 N–H and O–H groups in total. The molecule has 4 rings (SSSR count). The van der Waals surface area contributed by atoms with Crippen LogP contribution in [-0.4, -0.2) is 68.6 Å². The smallest absolute Gasteiger partial charge is 0.254 e. The molecule has 0 saturated carbocycles. The van der Waals surface area contributed by atoms with Crippen molar-refractivity contribution in [1.29, 1.82) is 0 Å². The first-order valence-electron chi connectivity index (χ1n) is 10.2. The van der Waals surface area contributed by atoms with E-state index in [1.54, 1.807) is 36.3 Å². The molecule has 7 nitrogen and oxygen atoms in total. The van der Waals surface area contributed by atoms with Crippen molar-refractivity contribution in [2.45, 2.75) is 6.42 Å². The summed E-state index contributed by atoms with van der Waals surface area (Å²) < 4.78 is 16.3. The Bertz CT molecular complexity index is 988. The molecule has 2 aromatic rings. The van der Waals surface area contributed by atoms with Crippen LogP contribution in [0.5, 0.6) is 17.2 Å². The highest BCUT2D eigenvalue weighted by Gasteiger charge is 2.32. The first-order chi connectivity index (χ1) is 15.0. The Kier molecular flexibility index (Phi) is 6.23.